The predicted molar refractivity (Wildman–Crippen MR) is 70.0 cm³/mol. The summed E-state index contributed by atoms with van der Waals surface area (Å²) in [7, 11) is 1.75. The predicted octanol–water partition coefficient (Wildman–Crippen LogP) is 3.58. The SMILES string of the molecule is COc1ccc(Br)c(C)c1C1CCCCN1. The number of benzene rings is 1. The fourth-order valence-corrected chi connectivity index (χ4v) is 2.73. The molecule has 0 aliphatic carbocycles. The van der Waals surface area contributed by atoms with Crippen molar-refractivity contribution in [1.82, 2.24) is 5.32 Å². The topological polar surface area (TPSA) is 21.3 Å². The Morgan fingerprint density at radius 2 is 2.19 bits per heavy atom. The van der Waals surface area contributed by atoms with Crippen LogP contribution in [0, 0.1) is 6.92 Å². The van der Waals surface area contributed by atoms with Gasteiger partial charge in [0.2, 0.25) is 0 Å². The fourth-order valence-electron chi connectivity index (χ4n) is 2.39. The molecule has 16 heavy (non-hydrogen) atoms. The molecule has 1 aliphatic heterocycles. The van der Waals surface area contributed by atoms with E-state index in [0.717, 1.165) is 16.8 Å². The lowest BCUT2D eigenvalue weighted by Gasteiger charge is -2.27. The maximum atomic E-state index is 5.47. The Morgan fingerprint density at radius 1 is 1.38 bits per heavy atom. The molecule has 88 valence electrons. The molecular weight excluding hydrogens is 266 g/mol. The van der Waals surface area contributed by atoms with E-state index in [1.807, 2.05) is 6.07 Å². The molecular formula is C13H18BrNO. The Balaban J connectivity index is 2.39. The van der Waals surface area contributed by atoms with Crippen molar-refractivity contribution in [2.45, 2.75) is 32.2 Å². The highest BCUT2D eigenvalue weighted by molar-refractivity contribution is 9.10. The molecule has 0 radical (unpaired) electrons. The molecule has 2 rings (SSSR count). The molecule has 1 aliphatic rings. The van der Waals surface area contributed by atoms with Gasteiger partial charge in [0, 0.05) is 16.1 Å². The minimum atomic E-state index is 0.446. The van der Waals surface area contributed by atoms with Crippen LogP contribution in [0.15, 0.2) is 16.6 Å². The van der Waals surface area contributed by atoms with Crippen LogP contribution in [0.3, 0.4) is 0 Å². The second-order valence-electron chi connectivity index (χ2n) is 4.29. The molecule has 0 amide bonds. The highest BCUT2D eigenvalue weighted by atomic mass is 79.9. The minimum Gasteiger partial charge on any atom is -0.496 e. The van der Waals surface area contributed by atoms with Crippen LogP contribution >= 0.6 is 15.9 Å². The van der Waals surface area contributed by atoms with Gasteiger partial charge < -0.3 is 10.1 Å². The van der Waals surface area contributed by atoms with Crippen molar-refractivity contribution in [2.24, 2.45) is 0 Å². The Bertz CT molecular complexity index is 372. The minimum absolute atomic E-state index is 0.446. The fraction of sp³-hybridized carbons (Fsp3) is 0.538. The molecule has 2 nitrogen and oxygen atoms in total. The number of nitrogens with one attached hydrogen (secondary N) is 1. The summed E-state index contributed by atoms with van der Waals surface area (Å²) in [6, 6.07) is 4.55. The molecule has 1 unspecified atom stereocenters. The first-order valence-corrected chi connectivity index (χ1v) is 6.59. The average Bonchev–Trinajstić information content (AvgIpc) is 2.33. The molecule has 1 aromatic carbocycles. The molecule has 0 aromatic heterocycles. The van der Waals surface area contributed by atoms with Gasteiger partial charge >= 0.3 is 0 Å². The van der Waals surface area contributed by atoms with Crippen LogP contribution < -0.4 is 10.1 Å². The first-order valence-electron chi connectivity index (χ1n) is 5.80. The standard InChI is InChI=1S/C13H18BrNO/c1-9-10(14)6-7-12(16-2)13(9)11-5-3-4-8-15-11/h6-7,11,15H,3-5,8H2,1-2H3. The van der Waals surface area contributed by atoms with Gasteiger partial charge in [0.15, 0.2) is 0 Å². The van der Waals surface area contributed by atoms with Gasteiger partial charge in [-0.05, 0) is 44.0 Å². The van der Waals surface area contributed by atoms with Crippen molar-refractivity contribution in [3.05, 3.63) is 27.7 Å². The zero-order valence-electron chi connectivity index (χ0n) is 9.85. The highest BCUT2D eigenvalue weighted by Crippen LogP contribution is 2.36. The second kappa shape index (κ2) is 5.19. The van der Waals surface area contributed by atoms with Gasteiger partial charge in [0.05, 0.1) is 7.11 Å². The van der Waals surface area contributed by atoms with Crippen LogP contribution in [-0.2, 0) is 0 Å². The molecule has 3 heteroatoms. The van der Waals surface area contributed by atoms with Crippen molar-refractivity contribution >= 4 is 15.9 Å². The molecule has 0 bridgehead atoms. The van der Waals surface area contributed by atoms with Crippen molar-refractivity contribution < 1.29 is 4.74 Å². The van der Waals surface area contributed by atoms with E-state index in [-0.39, 0.29) is 0 Å². The van der Waals surface area contributed by atoms with Gasteiger partial charge in [-0.3, -0.25) is 0 Å². The summed E-state index contributed by atoms with van der Waals surface area (Å²) in [4.78, 5) is 0. The van der Waals surface area contributed by atoms with Gasteiger partial charge in [-0.25, -0.2) is 0 Å². The van der Waals surface area contributed by atoms with Gasteiger partial charge in [0.25, 0.3) is 0 Å². The molecule has 1 fully saturated rings. The lowest BCUT2D eigenvalue weighted by atomic mass is 9.93. The smallest absolute Gasteiger partial charge is 0.123 e. The summed E-state index contributed by atoms with van der Waals surface area (Å²) < 4.78 is 6.64. The van der Waals surface area contributed by atoms with Crippen LogP contribution in [0.25, 0.3) is 0 Å². The van der Waals surface area contributed by atoms with E-state index < -0.39 is 0 Å². The Kier molecular flexibility index (Phi) is 3.87. The van der Waals surface area contributed by atoms with Crippen molar-refractivity contribution in [1.29, 1.82) is 0 Å². The molecule has 1 saturated heterocycles. The van der Waals surface area contributed by atoms with Gasteiger partial charge in [-0.1, -0.05) is 22.4 Å². The largest absolute Gasteiger partial charge is 0.496 e. The lowest BCUT2D eigenvalue weighted by molar-refractivity contribution is 0.372. The third-order valence-corrected chi connectivity index (χ3v) is 4.15. The van der Waals surface area contributed by atoms with E-state index in [4.69, 9.17) is 4.74 Å². The normalized spacial score (nSPS) is 20.8. The van der Waals surface area contributed by atoms with Crippen molar-refractivity contribution in [2.75, 3.05) is 13.7 Å². The maximum absolute atomic E-state index is 5.47. The molecule has 0 saturated carbocycles. The molecule has 1 aromatic rings. The third-order valence-electron chi connectivity index (χ3n) is 3.29. The van der Waals surface area contributed by atoms with Crippen LogP contribution in [0.4, 0.5) is 0 Å². The molecule has 1 heterocycles. The summed E-state index contributed by atoms with van der Waals surface area (Å²) >= 11 is 3.59. The zero-order chi connectivity index (χ0) is 11.5. The Morgan fingerprint density at radius 3 is 2.81 bits per heavy atom. The number of methoxy groups -OCH3 is 1. The maximum Gasteiger partial charge on any atom is 0.123 e. The number of halogens is 1. The monoisotopic (exact) mass is 283 g/mol. The van der Waals surface area contributed by atoms with E-state index >= 15 is 0 Å². The first-order chi connectivity index (χ1) is 7.74. The summed E-state index contributed by atoms with van der Waals surface area (Å²) in [5.74, 6) is 1.00. The van der Waals surface area contributed by atoms with Crippen LogP contribution in [0.1, 0.15) is 36.4 Å². The number of hydrogen-bond donors (Lipinski definition) is 1. The Hall–Kier alpha value is -0.540. The van der Waals surface area contributed by atoms with Gasteiger partial charge in [-0.15, -0.1) is 0 Å². The van der Waals surface area contributed by atoms with Gasteiger partial charge in [-0.2, -0.15) is 0 Å². The highest BCUT2D eigenvalue weighted by Gasteiger charge is 2.21. The first kappa shape index (κ1) is 11.9. The van der Waals surface area contributed by atoms with Gasteiger partial charge in [0.1, 0.15) is 5.75 Å². The average molecular weight is 284 g/mol. The van der Waals surface area contributed by atoms with Crippen LogP contribution in [-0.4, -0.2) is 13.7 Å². The van der Waals surface area contributed by atoms with Crippen LogP contribution in [0.2, 0.25) is 0 Å². The number of hydrogen-bond acceptors (Lipinski definition) is 2. The van der Waals surface area contributed by atoms with E-state index in [9.17, 15) is 0 Å². The molecule has 1 atom stereocenters. The summed E-state index contributed by atoms with van der Waals surface area (Å²) in [6.45, 7) is 3.26. The quantitative estimate of drug-likeness (QED) is 0.896. The van der Waals surface area contributed by atoms with E-state index in [2.05, 4.69) is 34.2 Å². The van der Waals surface area contributed by atoms with Crippen LogP contribution in [0.5, 0.6) is 5.75 Å². The van der Waals surface area contributed by atoms with Crippen molar-refractivity contribution in [3.63, 3.8) is 0 Å². The van der Waals surface area contributed by atoms with Crippen molar-refractivity contribution in [3.8, 4) is 5.75 Å². The molecule has 1 N–H and O–H groups in total. The lowest BCUT2D eigenvalue weighted by Crippen LogP contribution is -2.27. The third kappa shape index (κ3) is 2.25. The second-order valence-corrected chi connectivity index (χ2v) is 5.15. The van der Waals surface area contributed by atoms with E-state index in [1.165, 1.54) is 30.4 Å². The Labute approximate surface area is 106 Å². The summed E-state index contributed by atoms with van der Waals surface area (Å²) in [6.07, 6.45) is 3.78. The summed E-state index contributed by atoms with van der Waals surface area (Å²) in [5, 5.41) is 3.58. The van der Waals surface area contributed by atoms with E-state index in [1.54, 1.807) is 7.11 Å². The van der Waals surface area contributed by atoms with E-state index in [0.29, 0.717) is 6.04 Å². The number of piperidine rings is 1. The number of ether oxygens (including phenoxy) is 1. The zero-order valence-corrected chi connectivity index (χ0v) is 11.4. The molecule has 0 spiro atoms. The number of rotatable bonds is 2. The summed E-state index contributed by atoms with van der Waals surface area (Å²) in [5.41, 5.74) is 2.61.